The Kier molecular flexibility index (Phi) is 4.43. The molecule has 0 radical (unpaired) electrons. The fourth-order valence-electron chi connectivity index (χ4n) is 6.75. The van der Waals surface area contributed by atoms with Crippen molar-refractivity contribution >= 4 is 38.2 Å². The van der Waals surface area contributed by atoms with Gasteiger partial charge in [-0.25, -0.2) is 4.57 Å². The van der Waals surface area contributed by atoms with E-state index in [2.05, 4.69) is 104 Å². The molecule has 0 bridgehead atoms. The Morgan fingerprint density at radius 3 is 2.45 bits per heavy atom. The molecule has 0 aliphatic carbocycles. The Morgan fingerprint density at radius 1 is 0.879 bits per heavy atom. The van der Waals surface area contributed by atoms with Gasteiger partial charge in [0.1, 0.15) is 5.54 Å². The smallest absolute Gasteiger partial charge is 0.216 e. The molecular weight excluding hydrogens is 400 g/mol. The maximum Gasteiger partial charge on any atom is 0.295 e. The van der Waals surface area contributed by atoms with E-state index in [9.17, 15) is 0 Å². The Morgan fingerprint density at radius 2 is 1.70 bits per heavy atom. The Labute approximate surface area is 196 Å². The molecule has 2 unspecified atom stereocenters. The molecule has 3 heterocycles. The number of benzene rings is 3. The Bertz CT molecular complexity index is 1560. The van der Waals surface area contributed by atoms with Gasteiger partial charge in [-0.3, -0.25) is 0 Å². The van der Waals surface area contributed by atoms with Crippen LogP contribution in [0.3, 0.4) is 0 Å². The van der Waals surface area contributed by atoms with Gasteiger partial charge in [-0.05, 0) is 78.8 Å². The molecule has 2 nitrogen and oxygen atoms in total. The van der Waals surface area contributed by atoms with E-state index < -0.39 is 0 Å². The van der Waals surface area contributed by atoms with Crippen LogP contribution in [0.5, 0.6) is 0 Å². The van der Waals surface area contributed by atoms with Gasteiger partial charge >= 0.3 is 0 Å². The average molecular weight is 436 g/mol. The molecule has 1 aliphatic rings. The molecular formula is C31H35N2+. The summed E-state index contributed by atoms with van der Waals surface area (Å²) in [5.74, 6) is 0. The summed E-state index contributed by atoms with van der Waals surface area (Å²) < 4.78 is 5.12. The molecule has 2 aromatic heterocycles. The van der Waals surface area contributed by atoms with Gasteiger partial charge in [0.25, 0.3) is 5.65 Å². The van der Waals surface area contributed by atoms with Gasteiger partial charge in [-0.1, -0.05) is 64.4 Å². The maximum absolute atomic E-state index is 2.68. The third-order valence-electron chi connectivity index (χ3n) is 9.17. The van der Waals surface area contributed by atoms with Crippen LogP contribution >= 0.6 is 0 Å². The summed E-state index contributed by atoms with van der Waals surface area (Å²) in [5.41, 5.74) is 7.02. The zero-order valence-electron chi connectivity index (χ0n) is 20.7. The second-order valence-corrected chi connectivity index (χ2v) is 10.5. The largest absolute Gasteiger partial charge is 0.295 e. The van der Waals surface area contributed by atoms with Crippen LogP contribution in [0.1, 0.15) is 71.4 Å². The molecule has 3 aromatic carbocycles. The number of nitrogens with zero attached hydrogens (tertiary/aromatic N) is 2. The lowest BCUT2D eigenvalue weighted by molar-refractivity contribution is -0.728. The predicted molar refractivity (Wildman–Crippen MR) is 140 cm³/mol. The van der Waals surface area contributed by atoms with Gasteiger partial charge < -0.3 is 0 Å². The highest BCUT2D eigenvalue weighted by molar-refractivity contribution is 6.14. The van der Waals surface area contributed by atoms with Crippen LogP contribution < -0.4 is 4.57 Å². The quantitative estimate of drug-likeness (QED) is 0.196. The van der Waals surface area contributed by atoms with Gasteiger partial charge in [0.05, 0.1) is 11.6 Å². The minimum absolute atomic E-state index is 0.00904. The van der Waals surface area contributed by atoms with Crippen molar-refractivity contribution in [1.82, 2.24) is 4.40 Å². The number of fused-ring (bicyclic) bond motifs is 5. The fourth-order valence-corrected chi connectivity index (χ4v) is 6.75. The molecule has 33 heavy (non-hydrogen) atoms. The van der Waals surface area contributed by atoms with Crippen molar-refractivity contribution in [3.05, 3.63) is 71.9 Å². The summed E-state index contributed by atoms with van der Waals surface area (Å²) in [7, 11) is 0. The number of aryl methyl sites for hydroxylation is 1. The predicted octanol–water partition coefficient (Wildman–Crippen LogP) is 7.84. The highest BCUT2D eigenvalue weighted by Gasteiger charge is 2.54. The molecule has 0 fully saturated rings. The van der Waals surface area contributed by atoms with Gasteiger partial charge in [-0.2, -0.15) is 4.40 Å². The molecule has 2 atom stereocenters. The molecule has 0 N–H and O–H groups in total. The van der Waals surface area contributed by atoms with Gasteiger partial charge in [-0.15, -0.1) is 0 Å². The van der Waals surface area contributed by atoms with Crippen LogP contribution in [0.15, 0.2) is 60.8 Å². The van der Waals surface area contributed by atoms with Crippen molar-refractivity contribution in [2.45, 2.75) is 77.7 Å². The summed E-state index contributed by atoms with van der Waals surface area (Å²) in [4.78, 5) is 0. The highest BCUT2D eigenvalue weighted by atomic mass is 15.2. The normalized spacial score (nSPS) is 22.3. The minimum Gasteiger partial charge on any atom is -0.216 e. The number of imidazole rings is 1. The number of hydrogen-bond donors (Lipinski definition) is 0. The number of rotatable bonds is 5. The second kappa shape index (κ2) is 7.06. The highest BCUT2D eigenvalue weighted by Crippen LogP contribution is 2.51. The van der Waals surface area contributed by atoms with E-state index in [1.54, 1.807) is 0 Å². The first-order chi connectivity index (χ1) is 16.0. The van der Waals surface area contributed by atoms with Crippen molar-refractivity contribution in [1.29, 1.82) is 0 Å². The van der Waals surface area contributed by atoms with Crippen LogP contribution in [-0.2, 0) is 17.4 Å². The summed E-state index contributed by atoms with van der Waals surface area (Å²) in [6, 6.07) is 21.0. The van der Waals surface area contributed by atoms with Crippen LogP contribution in [0.4, 0.5) is 0 Å². The summed E-state index contributed by atoms with van der Waals surface area (Å²) in [6.07, 6.45) is 8.17. The second-order valence-electron chi connectivity index (χ2n) is 10.5. The zero-order chi connectivity index (χ0) is 23.0. The third kappa shape index (κ3) is 2.47. The van der Waals surface area contributed by atoms with Gasteiger partial charge in [0.2, 0.25) is 0 Å². The van der Waals surface area contributed by atoms with E-state index in [1.807, 2.05) is 0 Å². The van der Waals surface area contributed by atoms with Crippen molar-refractivity contribution in [3.63, 3.8) is 0 Å². The summed E-state index contributed by atoms with van der Waals surface area (Å²) in [6.45, 7) is 12.0. The van der Waals surface area contributed by atoms with Crippen LogP contribution in [0, 0.1) is 0 Å². The SMILES string of the molecule is CCCCc1ccc2c(c1)cc1c3c2ccn2c4ccccc4[n+](c32)C(C)(CC)C1(C)CC. The summed E-state index contributed by atoms with van der Waals surface area (Å²) in [5, 5.41) is 5.62. The lowest BCUT2D eigenvalue weighted by atomic mass is 9.61. The van der Waals surface area contributed by atoms with E-state index >= 15 is 0 Å². The maximum atomic E-state index is 2.68. The topological polar surface area (TPSA) is 8.29 Å². The van der Waals surface area contributed by atoms with E-state index in [-0.39, 0.29) is 11.0 Å². The molecule has 0 amide bonds. The Hall–Kier alpha value is -2.87. The van der Waals surface area contributed by atoms with Crippen LogP contribution in [0.25, 0.3) is 38.2 Å². The number of pyridine rings is 1. The van der Waals surface area contributed by atoms with E-state index in [1.165, 1.54) is 68.6 Å². The van der Waals surface area contributed by atoms with Crippen LogP contribution in [0.2, 0.25) is 0 Å². The monoisotopic (exact) mass is 435 g/mol. The standard InChI is InChI=1S/C31H35N2/c1-6-9-12-21-15-16-23-22(19-21)20-25-28-24(23)17-18-32-26-13-10-11-14-27(26)33(29(28)32)31(5,8-3)30(25,4)7-2/h10-11,13-20H,6-9,12H2,1-5H3/q+1. The van der Waals surface area contributed by atoms with Crippen molar-refractivity contribution in [2.75, 3.05) is 0 Å². The molecule has 168 valence electrons. The van der Waals surface area contributed by atoms with Crippen molar-refractivity contribution < 1.29 is 4.57 Å². The molecule has 0 saturated heterocycles. The molecule has 6 rings (SSSR count). The number of unbranched alkanes of at least 4 members (excludes halogenated alkanes) is 1. The lowest BCUT2D eigenvalue weighted by Gasteiger charge is -2.47. The van der Waals surface area contributed by atoms with Crippen molar-refractivity contribution in [3.8, 4) is 0 Å². The van der Waals surface area contributed by atoms with E-state index in [4.69, 9.17) is 0 Å². The number of hydrogen-bond acceptors (Lipinski definition) is 0. The first-order valence-corrected chi connectivity index (χ1v) is 12.8. The summed E-state index contributed by atoms with van der Waals surface area (Å²) >= 11 is 0. The average Bonchev–Trinajstić information content (AvgIpc) is 3.20. The third-order valence-corrected chi connectivity index (χ3v) is 9.17. The van der Waals surface area contributed by atoms with Crippen molar-refractivity contribution in [2.24, 2.45) is 0 Å². The number of para-hydroxylation sites is 2. The van der Waals surface area contributed by atoms with Gasteiger partial charge in [0, 0.05) is 10.8 Å². The molecule has 2 heteroatoms. The Balaban J connectivity index is 1.85. The molecule has 0 spiro atoms. The zero-order valence-corrected chi connectivity index (χ0v) is 20.7. The number of aromatic nitrogens is 2. The van der Waals surface area contributed by atoms with E-state index in [0.717, 1.165) is 12.8 Å². The fraction of sp³-hybridized carbons (Fsp3) is 0.387. The molecule has 0 saturated carbocycles. The molecule has 5 aromatic rings. The first-order valence-electron chi connectivity index (χ1n) is 12.8. The minimum atomic E-state index is -0.00904. The first kappa shape index (κ1) is 20.7. The van der Waals surface area contributed by atoms with Gasteiger partial charge in [0.15, 0.2) is 11.0 Å². The van der Waals surface area contributed by atoms with Crippen LogP contribution in [-0.4, -0.2) is 4.40 Å². The molecule has 1 aliphatic heterocycles. The van der Waals surface area contributed by atoms with E-state index in [0.29, 0.717) is 0 Å². The lowest BCUT2D eigenvalue weighted by Crippen LogP contribution is -2.66.